The number of piperazine rings is 1. The van der Waals surface area contributed by atoms with Crippen molar-refractivity contribution in [2.75, 3.05) is 38.1 Å². The van der Waals surface area contributed by atoms with Gasteiger partial charge in [0.15, 0.2) is 5.82 Å². The van der Waals surface area contributed by atoms with Crippen LogP contribution in [0.3, 0.4) is 0 Å². The highest BCUT2D eigenvalue weighted by Gasteiger charge is 2.21. The van der Waals surface area contributed by atoms with E-state index in [1.165, 1.54) is 0 Å². The van der Waals surface area contributed by atoms with E-state index in [1.54, 1.807) is 0 Å². The second-order valence-corrected chi connectivity index (χ2v) is 6.99. The lowest BCUT2D eigenvalue weighted by Crippen LogP contribution is -2.45. The highest BCUT2D eigenvalue weighted by molar-refractivity contribution is 6.31. The minimum atomic E-state index is 0.461. The zero-order valence-corrected chi connectivity index (χ0v) is 15.5. The molecule has 134 valence electrons. The van der Waals surface area contributed by atoms with E-state index in [2.05, 4.69) is 16.8 Å². The molecular weight excluding hydrogens is 348 g/mol. The minimum absolute atomic E-state index is 0.461. The smallest absolute Gasteiger partial charge is 0.258 e. The van der Waals surface area contributed by atoms with Gasteiger partial charge in [0.2, 0.25) is 0 Å². The summed E-state index contributed by atoms with van der Waals surface area (Å²) in [7, 11) is 2.14. The van der Waals surface area contributed by atoms with Crippen LogP contribution in [0.1, 0.15) is 5.56 Å². The Bertz CT molecular complexity index is 895. The number of aromatic nitrogens is 2. The molecule has 1 aliphatic heterocycles. The molecule has 0 bridgehead atoms. The molecule has 0 unspecified atom stereocenters. The molecule has 6 heteroatoms. The predicted molar refractivity (Wildman–Crippen MR) is 105 cm³/mol. The fourth-order valence-electron chi connectivity index (χ4n) is 3.05. The molecule has 3 aromatic rings. The highest BCUT2D eigenvalue weighted by atomic mass is 35.5. The number of anilines is 1. The van der Waals surface area contributed by atoms with E-state index in [1.807, 2.05) is 48.5 Å². The summed E-state index contributed by atoms with van der Waals surface area (Å²) in [4.78, 5) is 14.1. The van der Waals surface area contributed by atoms with Crippen molar-refractivity contribution < 1.29 is 4.74 Å². The van der Waals surface area contributed by atoms with Crippen molar-refractivity contribution in [2.45, 2.75) is 6.61 Å². The fourth-order valence-corrected chi connectivity index (χ4v) is 3.22. The average Bonchev–Trinajstić information content (AvgIpc) is 2.67. The zero-order chi connectivity index (χ0) is 17.9. The number of fused-ring (bicyclic) bond motifs is 1. The van der Waals surface area contributed by atoms with Crippen molar-refractivity contribution in [1.82, 2.24) is 14.9 Å². The van der Waals surface area contributed by atoms with E-state index in [0.717, 1.165) is 48.6 Å². The molecule has 26 heavy (non-hydrogen) atoms. The van der Waals surface area contributed by atoms with Gasteiger partial charge in [0.05, 0.1) is 11.0 Å². The molecule has 4 rings (SSSR count). The maximum atomic E-state index is 6.12. The lowest BCUT2D eigenvalue weighted by Gasteiger charge is -2.33. The van der Waals surface area contributed by atoms with Crippen LogP contribution in [-0.2, 0) is 6.61 Å². The van der Waals surface area contributed by atoms with E-state index in [4.69, 9.17) is 26.3 Å². The average molecular weight is 369 g/mol. The summed E-state index contributed by atoms with van der Waals surface area (Å²) in [6.07, 6.45) is 0. The van der Waals surface area contributed by atoms with Crippen LogP contribution < -0.4 is 9.64 Å². The standard InChI is InChI=1S/C20H21ClN4O/c1-24-9-11-25(12-10-24)19-20(26-14-15-5-3-2-4-6-15)23-18-13-16(21)7-8-17(18)22-19/h2-8,13H,9-12,14H2,1H3. The number of hydrogen-bond acceptors (Lipinski definition) is 5. The molecule has 2 aromatic carbocycles. The number of nitrogens with zero attached hydrogens (tertiary/aromatic N) is 4. The topological polar surface area (TPSA) is 41.5 Å². The van der Waals surface area contributed by atoms with E-state index in [-0.39, 0.29) is 0 Å². The van der Waals surface area contributed by atoms with Gasteiger partial charge in [0.25, 0.3) is 5.88 Å². The summed E-state index contributed by atoms with van der Waals surface area (Å²) in [6, 6.07) is 15.7. The van der Waals surface area contributed by atoms with Crippen LogP contribution in [0.25, 0.3) is 11.0 Å². The SMILES string of the molecule is CN1CCN(c2nc3ccc(Cl)cc3nc2OCc2ccccc2)CC1. The van der Waals surface area contributed by atoms with E-state index in [0.29, 0.717) is 17.5 Å². The molecule has 0 radical (unpaired) electrons. The number of ether oxygens (including phenoxy) is 1. The molecular formula is C20H21ClN4O. The van der Waals surface area contributed by atoms with Crippen molar-refractivity contribution in [3.63, 3.8) is 0 Å². The first-order chi connectivity index (χ1) is 12.7. The summed E-state index contributed by atoms with van der Waals surface area (Å²) >= 11 is 6.12. The number of rotatable bonds is 4. The Balaban J connectivity index is 1.68. The van der Waals surface area contributed by atoms with Gasteiger partial charge in [-0.15, -0.1) is 0 Å². The summed E-state index contributed by atoms with van der Waals surface area (Å²) in [6.45, 7) is 4.28. The van der Waals surface area contributed by atoms with Gasteiger partial charge in [-0.3, -0.25) is 0 Å². The van der Waals surface area contributed by atoms with E-state index < -0.39 is 0 Å². The third-order valence-electron chi connectivity index (χ3n) is 4.60. The van der Waals surface area contributed by atoms with Crippen LogP contribution in [0, 0.1) is 0 Å². The first-order valence-electron chi connectivity index (χ1n) is 8.76. The molecule has 1 fully saturated rings. The molecule has 0 N–H and O–H groups in total. The van der Waals surface area contributed by atoms with Gasteiger partial charge < -0.3 is 14.5 Å². The van der Waals surface area contributed by atoms with Crippen LogP contribution in [0.15, 0.2) is 48.5 Å². The minimum Gasteiger partial charge on any atom is -0.470 e. The third-order valence-corrected chi connectivity index (χ3v) is 4.83. The second kappa shape index (κ2) is 7.48. The third kappa shape index (κ3) is 3.74. The fraction of sp³-hybridized carbons (Fsp3) is 0.300. The number of likely N-dealkylation sites (N-methyl/N-ethyl adjacent to an activating group) is 1. The van der Waals surface area contributed by atoms with Gasteiger partial charge in [-0.25, -0.2) is 9.97 Å². The summed E-state index contributed by atoms with van der Waals surface area (Å²) < 4.78 is 6.08. The van der Waals surface area contributed by atoms with E-state index >= 15 is 0 Å². The lowest BCUT2D eigenvalue weighted by molar-refractivity contribution is 0.286. The molecule has 0 amide bonds. The Labute approximate surface area is 158 Å². The van der Waals surface area contributed by atoms with Crippen LogP contribution in [0.5, 0.6) is 5.88 Å². The van der Waals surface area contributed by atoms with Gasteiger partial charge in [-0.1, -0.05) is 41.9 Å². The van der Waals surface area contributed by atoms with Crippen LogP contribution in [-0.4, -0.2) is 48.1 Å². The second-order valence-electron chi connectivity index (χ2n) is 6.55. The summed E-state index contributed by atoms with van der Waals surface area (Å²) in [5, 5.41) is 0.646. The van der Waals surface area contributed by atoms with Crippen LogP contribution in [0.4, 0.5) is 5.82 Å². The molecule has 5 nitrogen and oxygen atoms in total. The highest BCUT2D eigenvalue weighted by Crippen LogP contribution is 2.29. The van der Waals surface area contributed by atoms with Crippen molar-refractivity contribution in [2.24, 2.45) is 0 Å². The zero-order valence-electron chi connectivity index (χ0n) is 14.7. The van der Waals surface area contributed by atoms with Gasteiger partial charge in [-0.2, -0.15) is 0 Å². The van der Waals surface area contributed by atoms with E-state index in [9.17, 15) is 0 Å². The Morgan fingerprint density at radius 3 is 2.50 bits per heavy atom. The maximum absolute atomic E-state index is 6.12. The first-order valence-corrected chi connectivity index (χ1v) is 9.14. The molecule has 2 heterocycles. The molecule has 0 spiro atoms. The predicted octanol–water partition coefficient (Wildman–Crippen LogP) is 3.61. The summed E-state index contributed by atoms with van der Waals surface area (Å²) in [5.74, 6) is 1.37. The van der Waals surface area contributed by atoms with Gasteiger partial charge in [0.1, 0.15) is 6.61 Å². The Morgan fingerprint density at radius 2 is 1.73 bits per heavy atom. The molecule has 0 aliphatic carbocycles. The Hall–Kier alpha value is -2.37. The normalized spacial score (nSPS) is 15.4. The Kier molecular flexibility index (Phi) is 4.91. The quantitative estimate of drug-likeness (QED) is 0.703. The summed E-state index contributed by atoms with van der Waals surface area (Å²) in [5.41, 5.74) is 2.68. The van der Waals surface area contributed by atoms with Crippen LogP contribution >= 0.6 is 11.6 Å². The van der Waals surface area contributed by atoms with Crippen molar-refractivity contribution in [3.8, 4) is 5.88 Å². The maximum Gasteiger partial charge on any atom is 0.258 e. The number of halogens is 1. The number of benzene rings is 2. The van der Waals surface area contributed by atoms with Gasteiger partial charge >= 0.3 is 0 Å². The van der Waals surface area contributed by atoms with Gasteiger partial charge in [-0.05, 0) is 30.8 Å². The van der Waals surface area contributed by atoms with Crippen molar-refractivity contribution in [1.29, 1.82) is 0 Å². The lowest BCUT2D eigenvalue weighted by atomic mass is 10.2. The molecule has 0 saturated carbocycles. The molecule has 1 aliphatic rings. The van der Waals surface area contributed by atoms with Crippen molar-refractivity contribution >= 4 is 28.5 Å². The van der Waals surface area contributed by atoms with Crippen LogP contribution in [0.2, 0.25) is 5.02 Å². The Morgan fingerprint density at radius 1 is 0.962 bits per heavy atom. The molecule has 1 saturated heterocycles. The monoisotopic (exact) mass is 368 g/mol. The largest absolute Gasteiger partial charge is 0.470 e. The molecule has 0 atom stereocenters. The first kappa shape index (κ1) is 17.1. The molecule has 1 aromatic heterocycles. The van der Waals surface area contributed by atoms with Gasteiger partial charge in [0, 0.05) is 31.2 Å². The number of hydrogen-bond donors (Lipinski definition) is 0. The van der Waals surface area contributed by atoms with Crippen molar-refractivity contribution in [3.05, 3.63) is 59.1 Å².